The summed E-state index contributed by atoms with van der Waals surface area (Å²) in [5, 5.41) is 20.8. The van der Waals surface area contributed by atoms with Crippen molar-refractivity contribution in [3.8, 4) is 10.8 Å². The molecule has 6 nitrogen and oxygen atoms in total. The van der Waals surface area contributed by atoms with Crippen molar-refractivity contribution in [3.63, 3.8) is 0 Å². The molecule has 0 saturated heterocycles. The first-order valence-corrected chi connectivity index (χ1v) is 7.34. The molecular formula is C14H16N2O4S. The zero-order valence-corrected chi connectivity index (χ0v) is 12.8. The van der Waals surface area contributed by atoms with Gasteiger partial charge >= 0.3 is 5.69 Å². The Labute approximate surface area is 126 Å². The molecule has 0 aliphatic carbocycles. The summed E-state index contributed by atoms with van der Waals surface area (Å²) in [7, 11) is 0. The lowest BCUT2D eigenvalue weighted by atomic mass is 10.2. The van der Waals surface area contributed by atoms with Crippen LogP contribution in [0.25, 0.3) is 0 Å². The van der Waals surface area contributed by atoms with Crippen LogP contribution in [0, 0.1) is 17.0 Å². The van der Waals surface area contributed by atoms with Gasteiger partial charge in [-0.3, -0.25) is 15.1 Å². The van der Waals surface area contributed by atoms with Gasteiger partial charge in [0.25, 0.3) is 5.06 Å². The summed E-state index contributed by atoms with van der Waals surface area (Å²) in [6.07, 6.45) is -0.104. The molecule has 2 heterocycles. The quantitative estimate of drug-likeness (QED) is 0.671. The third kappa shape index (κ3) is 3.37. The molecule has 2 rings (SSSR count). The summed E-state index contributed by atoms with van der Waals surface area (Å²) >= 11 is 1.07. The Morgan fingerprint density at radius 3 is 2.81 bits per heavy atom. The molecule has 112 valence electrons. The van der Waals surface area contributed by atoms with Crippen molar-refractivity contribution < 1.29 is 14.8 Å². The van der Waals surface area contributed by atoms with Gasteiger partial charge in [-0.05, 0) is 32.4 Å². The Kier molecular flexibility index (Phi) is 4.54. The van der Waals surface area contributed by atoms with Crippen LogP contribution in [0.4, 0.5) is 5.69 Å². The number of nitro groups is 1. The van der Waals surface area contributed by atoms with Gasteiger partial charge in [0.1, 0.15) is 0 Å². The van der Waals surface area contributed by atoms with Crippen molar-refractivity contribution in [3.05, 3.63) is 44.6 Å². The second kappa shape index (κ2) is 6.19. The number of nitrogens with zero attached hydrogens (tertiary/aromatic N) is 2. The molecule has 2 aromatic heterocycles. The van der Waals surface area contributed by atoms with E-state index < -0.39 is 11.0 Å². The summed E-state index contributed by atoms with van der Waals surface area (Å²) in [6.45, 7) is 5.38. The van der Waals surface area contributed by atoms with Crippen molar-refractivity contribution in [1.82, 2.24) is 4.98 Å². The molecule has 2 aromatic rings. The molecule has 0 aromatic carbocycles. The van der Waals surface area contributed by atoms with E-state index in [9.17, 15) is 15.2 Å². The third-order valence-corrected chi connectivity index (χ3v) is 4.09. The summed E-state index contributed by atoms with van der Waals surface area (Å²) < 4.78 is 5.68. The molecule has 0 aliphatic heterocycles. The maximum Gasteiger partial charge on any atom is 0.323 e. The van der Waals surface area contributed by atoms with E-state index in [0.29, 0.717) is 17.0 Å². The molecule has 0 amide bonds. The molecule has 7 heteroatoms. The summed E-state index contributed by atoms with van der Waals surface area (Å²) in [6, 6.07) is 4.90. The Hall–Kier alpha value is -1.99. The number of aromatic nitrogens is 1. The van der Waals surface area contributed by atoms with Crippen molar-refractivity contribution in [2.24, 2.45) is 0 Å². The van der Waals surface area contributed by atoms with Gasteiger partial charge in [0.05, 0.1) is 16.7 Å². The van der Waals surface area contributed by atoms with E-state index in [2.05, 4.69) is 4.98 Å². The van der Waals surface area contributed by atoms with Gasteiger partial charge in [-0.2, -0.15) is 0 Å². The van der Waals surface area contributed by atoms with E-state index in [-0.39, 0.29) is 10.8 Å². The molecule has 0 saturated carbocycles. The fourth-order valence-electron chi connectivity index (χ4n) is 1.83. The molecule has 1 atom stereocenters. The fraction of sp³-hybridized carbons (Fsp3) is 0.357. The molecule has 0 unspecified atom stereocenters. The highest BCUT2D eigenvalue weighted by molar-refractivity contribution is 7.14. The van der Waals surface area contributed by atoms with Crippen molar-refractivity contribution in [2.75, 3.05) is 0 Å². The average molecular weight is 308 g/mol. The maximum atomic E-state index is 11.1. The molecule has 0 fully saturated rings. The van der Waals surface area contributed by atoms with E-state index in [1.54, 1.807) is 19.1 Å². The van der Waals surface area contributed by atoms with Gasteiger partial charge in [-0.25, -0.2) is 0 Å². The van der Waals surface area contributed by atoms with Gasteiger partial charge < -0.3 is 9.84 Å². The van der Waals surface area contributed by atoms with Crippen molar-refractivity contribution in [1.29, 1.82) is 0 Å². The minimum absolute atomic E-state index is 0.140. The van der Waals surface area contributed by atoms with Crippen LogP contribution in [0.1, 0.15) is 36.2 Å². The predicted octanol–water partition coefficient (Wildman–Crippen LogP) is 3.77. The zero-order chi connectivity index (χ0) is 15.6. The Morgan fingerprint density at radius 1 is 1.52 bits per heavy atom. The molecular weight excluding hydrogens is 292 g/mol. The van der Waals surface area contributed by atoms with Crippen LogP contribution in [0.2, 0.25) is 0 Å². The average Bonchev–Trinajstić information content (AvgIpc) is 2.85. The number of aliphatic hydroxyl groups excluding tert-OH is 1. The first-order chi connectivity index (χ1) is 9.92. The Morgan fingerprint density at radius 2 is 2.24 bits per heavy atom. The molecule has 0 radical (unpaired) electrons. The number of ether oxygens (including phenoxy) is 1. The minimum atomic E-state index is -0.771. The number of hydrogen-bond acceptors (Lipinski definition) is 6. The maximum absolute atomic E-state index is 11.1. The van der Waals surface area contributed by atoms with Crippen LogP contribution < -0.4 is 4.74 Å². The van der Waals surface area contributed by atoms with Gasteiger partial charge in [0.15, 0.2) is 5.75 Å². The van der Waals surface area contributed by atoms with Crippen LogP contribution in [0.3, 0.4) is 0 Å². The smallest absolute Gasteiger partial charge is 0.323 e. The number of pyridine rings is 1. The second-order valence-corrected chi connectivity index (χ2v) is 5.65. The van der Waals surface area contributed by atoms with Crippen LogP contribution in [-0.2, 0) is 6.42 Å². The highest BCUT2D eigenvalue weighted by atomic mass is 32.1. The van der Waals surface area contributed by atoms with Gasteiger partial charge in [-0.1, -0.05) is 18.3 Å². The highest BCUT2D eigenvalue weighted by Gasteiger charge is 2.23. The first-order valence-electron chi connectivity index (χ1n) is 6.53. The topological polar surface area (TPSA) is 85.5 Å². The summed E-state index contributed by atoms with van der Waals surface area (Å²) in [5.74, 6) is 0.505. The zero-order valence-electron chi connectivity index (χ0n) is 12.0. The number of thiophene rings is 1. The van der Waals surface area contributed by atoms with Crippen molar-refractivity contribution >= 4 is 17.0 Å². The Balaban J connectivity index is 2.41. The predicted molar refractivity (Wildman–Crippen MR) is 80.0 cm³/mol. The molecule has 21 heavy (non-hydrogen) atoms. The summed E-state index contributed by atoms with van der Waals surface area (Å²) in [5.41, 5.74) is 1.47. The largest absolute Gasteiger partial charge is 0.438 e. The van der Waals surface area contributed by atoms with Crippen LogP contribution >= 0.6 is 11.3 Å². The number of aryl methyl sites for hydroxylation is 2. The molecule has 0 bridgehead atoms. The Bertz CT molecular complexity index is 667. The minimum Gasteiger partial charge on any atom is -0.438 e. The van der Waals surface area contributed by atoms with E-state index in [1.165, 1.54) is 6.07 Å². The van der Waals surface area contributed by atoms with Gasteiger partial charge in [-0.15, -0.1) is 0 Å². The third-order valence-electron chi connectivity index (χ3n) is 2.92. The number of hydrogen-bond donors (Lipinski definition) is 1. The lowest BCUT2D eigenvalue weighted by molar-refractivity contribution is -0.385. The fourth-order valence-corrected chi connectivity index (χ4v) is 2.76. The van der Waals surface area contributed by atoms with E-state index in [1.807, 2.05) is 13.8 Å². The summed E-state index contributed by atoms with van der Waals surface area (Å²) in [4.78, 5) is 15.4. The van der Waals surface area contributed by atoms with E-state index in [0.717, 1.165) is 22.7 Å². The van der Waals surface area contributed by atoms with Crippen LogP contribution in [-0.4, -0.2) is 15.0 Å². The normalized spacial score (nSPS) is 12.2. The lowest BCUT2D eigenvalue weighted by Gasteiger charge is -2.08. The second-order valence-electron chi connectivity index (χ2n) is 4.61. The molecule has 0 aliphatic rings. The SMILES string of the molecule is CCc1nc(C)ccc1Oc1sc([C@H](C)O)cc1[N+](=O)[O-]. The lowest BCUT2D eigenvalue weighted by Crippen LogP contribution is -1.96. The number of aliphatic hydroxyl groups is 1. The van der Waals surface area contributed by atoms with Crippen molar-refractivity contribution in [2.45, 2.75) is 33.3 Å². The number of rotatable bonds is 5. The van der Waals surface area contributed by atoms with E-state index in [4.69, 9.17) is 4.74 Å². The van der Waals surface area contributed by atoms with Crippen LogP contribution in [0.15, 0.2) is 18.2 Å². The van der Waals surface area contributed by atoms with Gasteiger partial charge in [0.2, 0.25) is 0 Å². The molecule has 1 N–H and O–H groups in total. The van der Waals surface area contributed by atoms with E-state index >= 15 is 0 Å². The highest BCUT2D eigenvalue weighted by Crippen LogP contribution is 2.42. The molecule has 0 spiro atoms. The van der Waals surface area contributed by atoms with Gasteiger partial charge in [0, 0.05) is 16.6 Å². The van der Waals surface area contributed by atoms with Crippen LogP contribution in [0.5, 0.6) is 10.8 Å². The standard InChI is InChI=1S/C14H16N2O4S/c1-4-10-12(6-5-8(2)15-10)20-14-11(16(18)19)7-13(21-14)9(3)17/h5-7,9,17H,4H2,1-3H3/t9-/m0/s1. The monoisotopic (exact) mass is 308 g/mol. The first kappa shape index (κ1) is 15.4.